The molecule has 1 aromatic carbocycles. The number of aromatic nitrogens is 2. The van der Waals surface area contributed by atoms with Crippen molar-refractivity contribution in [3.8, 4) is 10.7 Å². The van der Waals surface area contributed by atoms with Gasteiger partial charge in [-0.25, -0.2) is 0 Å². The Labute approximate surface area is 143 Å². The largest absolute Gasteiger partial charge is 0.372 e. The topological polar surface area (TPSA) is 77.2 Å². The molecule has 7 heteroatoms. The van der Waals surface area contributed by atoms with Gasteiger partial charge in [-0.15, -0.1) is 11.3 Å². The maximum atomic E-state index is 11.8. The molecule has 0 radical (unpaired) electrons. The third-order valence-electron chi connectivity index (χ3n) is 3.28. The van der Waals surface area contributed by atoms with Crippen molar-refractivity contribution < 1.29 is 14.1 Å². The molecule has 0 atom stereocenters. The van der Waals surface area contributed by atoms with Crippen LogP contribution >= 0.6 is 11.3 Å². The first-order valence-corrected chi connectivity index (χ1v) is 8.46. The third-order valence-corrected chi connectivity index (χ3v) is 4.15. The Bertz CT molecular complexity index is 799. The van der Waals surface area contributed by atoms with Crippen molar-refractivity contribution in [2.45, 2.75) is 13.3 Å². The van der Waals surface area contributed by atoms with Crippen LogP contribution in [0.15, 0.2) is 46.3 Å². The van der Waals surface area contributed by atoms with E-state index in [4.69, 9.17) is 9.26 Å². The maximum absolute atomic E-state index is 11.8. The number of benzene rings is 1. The van der Waals surface area contributed by atoms with Gasteiger partial charge in [0.25, 0.3) is 0 Å². The van der Waals surface area contributed by atoms with Crippen LogP contribution in [0.4, 0.5) is 5.69 Å². The van der Waals surface area contributed by atoms with E-state index in [2.05, 4.69) is 15.5 Å². The number of anilines is 1. The van der Waals surface area contributed by atoms with E-state index in [1.807, 2.05) is 48.7 Å². The van der Waals surface area contributed by atoms with E-state index >= 15 is 0 Å². The molecule has 1 N–H and O–H groups in total. The van der Waals surface area contributed by atoms with Gasteiger partial charge in [0.2, 0.25) is 17.6 Å². The van der Waals surface area contributed by atoms with Crippen molar-refractivity contribution in [2.24, 2.45) is 0 Å². The van der Waals surface area contributed by atoms with Crippen LogP contribution in [0.1, 0.15) is 18.4 Å². The highest BCUT2D eigenvalue weighted by atomic mass is 32.1. The number of carbonyl (C=O) groups excluding carboxylic acids is 1. The molecule has 0 aliphatic rings. The highest BCUT2D eigenvalue weighted by molar-refractivity contribution is 7.13. The predicted octanol–water partition coefficient (Wildman–Crippen LogP) is 3.36. The molecule has 1 amide bonds. The molecule has 0 unspecified atom stereocenters. The first kappa shape index (κ1) is 16.4. The van der Waals surface area contributed by atoms with Crippen molar-refractivity contribution >= 4 is 22.9 Å². The van der Waals surface area contributed by atoms with E-state index in [1.165, 1.54) is 0 Å². The van der Waals surface area contributed by atoms with Gasteiger partial charge >= 0.3 is 0 Å². The zero-order valence-corrected chi connectivity index (χ0v) is 14.0. The van der Waals surface area contributed by atoms with Crippen LogP contribution in [0.2, 0.25) is 0 Å². The maximum Gasteiger partial charge on any atom is 0.250 e. The summed E-state index contributed by atoms with van der Waals surface area (Å²) >= 11 is 1.56. The predicted molar refractivity (Wildman–Crippen MR) is 92.0 cm³/mol. The van der Waals surface area contributed by atoms with Crippen LogP contribution < -0.4 is 5.32 Å². The zero-order chi connectivity index (χ0) is 16.8. The number of amides is 1. The average Bonchev–Trinajstić information content (AvgIpc) is 3.26. The lowest BCUT2D eigenvalue weighted by Gasteiger charge is -2.09. The van der Waals surface area contributed by atoms with E-state index in [9.17, 15) is 4.79 Å². The number of nitrogens with zero attached hydrogens (tertiary/aromatic N) is 2. The van der Waals surface area contributed by atoms with Gasteiger partial charge in [-0.3, -0.25) is 4.79 Å². The number of hydrogen-bond acceptors (Lipinski definition) is 6. The number of para-hydroxylation sites is 1. The van der Waals surface area contributed by atoms with Crippen LogP contribution in [0.5, 0.6) is 0 Å². The van der Waals surface area contributed by atoms with Crippen molar-refractivity contribution in [2.75, 3.05) is 18.5 Å². The molecule has 0 saturated heterocycles. The summed E-state index contributed by atoms with van der Waals surface area (Å²) < 4.78 is 10.4. The van der Waals surface area contributed by atoms with Crippen LogP contribution in [-0.4, -0.2) is 29.3 Å². The van der Waals surface area contributed by atoms with Gasteiger partial charge in [0.15, 0.2) is 0 Å². The minimum absolute atomic E-state index is 0.0356. The number of hydrogen-bond donors (Lipinski definition) is 1. The highest BCUT2D eigenvalue weighted by Gasteiger charge is 2.13. The van der Waals surface area contributed by atoms with E-state index in [-0.39, 0.29) is 12.5 Å². The lowest BCUT2D eigenvalue weighted by Crippen LogP contribution is -2.19. The van der Waals surface area contributed by atoms with Gasteiger partial charge < -0.3 is 14.6 Å². The first-order valence-electron chi connectivity index (χ1n) is 7.58. The van der Waals surface area contributed by atoms with Crippen LogP contribution in [-0.2, 0) is 16.0 Å². The second-order valence-corrected chi connectivity index (χ2v) is 5.96. The number of thiophene rings is 1. The van der Waals surface area contributed by atoms with Gasteiger partial charge in [0, 0.05) is 12.3 Å². The summed E-state index contributed by atoms with van der Waals surface area (Å²) in [6, 6.07) is 11.4. The normalized spacial score (nSPS) is 10.7. The summed E-state index contributed by atoms with van der Waals surface area (Å²) in [4.78, 5) is 17.2. The van der Waals surface area contributed by atoms with Crippen LogP contribution in [0.3, 0.4) is 0 Å². The van der Waals surface area contributed by atoms with Gasteiger partial charge in [-0.2, -0.15) is 4.98 Å². The molecular weight excluding hydrogens is 326 g/mol. The molecule has 0 aliphatic carbocycles. The minimum atomic E-state index is -0.186. The molecule has 124 valence electrons. The fraction of sp³-hybridized carbons (Fsp3) is 0.235. The van der Waals surface area contributed by atoms with E-state index < -0.39 is 0 Å². The second kappa shape index (κ2) is 7.85. The molecule has 2 heterocycles. The SMILES string of the molecule is CCOCC(=O)Nc1ccccc1Cc1nc(-c2cccs2)no1. The molecule has 0 spiro atoms. The Hall–Kier alpha value is -2.51. The summed E-state index contributed by atoms with van der Waals surface area (Å²) in [7, 11) is 0. The monoisotopic (exact) mass is 343 g/mol. The lowest BCUT2D eigenvalue weighted by atomic mass is 10.1. The molecular formula is C17H17N3O3S. The minimum Gasteiger partial charge on any atom is -0.372 e. The Morgan fingerprint density at radius 1 is 1.29 bits per heavy atom. The van der Waals surface area contributed by atoms with Crippen LogP contribution in [0, 0.1) is 0 Å². The molecule has 6 nitrogen and oxygen atoms in total. The molecule has 0 bridgehead atoms. The Kier molecular flexibility index (Phi) is 5.35. The number of ether oxygens (including phenoxy) is 1. The van der Waals surface area contributed by atoms with Crippen molar-refractivity contribution in [1.29, 1.82) is 0 Å². The van der Waals surface area contributed by atoms with Crippen molar-refractivity contribution in [1.82, 2.24) is 10.1 Å². The second-order valence-electron chi connectivity index (χ2n) is 5.01. The molecule has 0 aliphatic heterocycles. The van der Waals surface area contributed by atoms with Crippen molar-refractivity contribution in [3.63, 3.8) is 0 Å². The van der Waals surface area contributed by atoms with Crippen molar-refractivity contribution in [3.05, 3.63) is 53.2 Å². The summed E-state index contributed by atoms with van der Waals surface area (Å²) in [5.41, 5.74) is 1.63. The molecule has 0 saturated carbocycles. The fourth-order valence-electron chi connectivity index (χ4n) is 2.17. The summed E-state index contributed by atoms with van der Waals surface area (Å²) in [6.07, 6.45) is 0.448. The van der Waals surface area contributed by atoms with Gasteiger partial charge in [-0.1, -0.05) is 29.4 Å². The quantitative estimate of drug-likeness (QED) is 0.712. The van der Waals surface area contributed by atoms with Crippen LogP contribution in [0.25, 0.3) is 10.7 Å². The number of carbonyl (C=O) groups is 1. The number of nitrogens with one attached hydrogen (secondary N) is 1. The van der Waals surface area contributed by atoms with Gasteiger partial charge in [0.1, 0.15) is 6.61 Å². The third kappa shape index (κ3) is 4.06. The number of rotatable bonds is 7. The summed E-state index contributed by atoms with van der Waals surface area (Å²) in [5.74, 6) is 0.900. The zero-order valence-electron chi connectivity index (χ0n) is 13.2. The van der Waals surface area contributed by atoms with Gasteiger partial charge in [0.05, 0.1) is 11.3 Å². The Morgan fingerprint density at radius 3 is 2.96 bits per heavy atom. The summed E-state index contributed by atoms with van der Waals surface area (Å²) in [6.45, 7) is 2.39. The smallest absolute Gasteiger partial charge is 0.250 e. The molecule has 2 aromatic heterocycles. The summed E-state index contributed by atoms with van der Waals surface area (Å²) in [5, 5.41) is 8.82. The standard InChI is InChI=1S/C17H17N3O3S/c1-2-22-11-15(21)18-13-7-4-3-6-12(13)10-16-19-17(20-23-16)14-8-5-9-24-14/h3-9H,2,10-11H2,1H3,(H,18,21). The average molecular weight is 343 g/mol. The molecule has 3 aromatic rings. The van der Waals surface area contributed by atoms with E-state index in [1.54, 1.807) is 11.3 Å². The lowest BCUT2D eigenvalue weighted by molar-refractivity contribution is -0.120. The molecule has 24 heavy (non-hydrogen) atoms. The Balaban J connectivity index is 1.72. The Morgan fingerprint density at radius 2 is 2.17 bits per heavy atom. The molecule has 0 fully saturated rings. The van der Waals surface area contributed by atoms with E-state index in [0.717, 1.165) is 16.1 Å². The first-order chi connectivity index (χ1) is 11.8. The molecule has 3 rings (SSSR count). The fourth-order valence-corrected chi connectivity index (χ4v) is 2.82. The highest BCUT2D eigenvalue weighted by Crippen LogP contribution is 2.23. The van der Waals surface area contributed by atoms with E-state index in [0.29, 0.717) is 24.7 Å². The van der Waals surface area contributed by atoms with Gasteiger partial charge in [-0.05, 0) is 30.0 Å².